The van der Waals surface area contributed by atoms with Crippen LogP contribution < -0.4 is 11.1 Å². The molecule has 0 radical (unpaired) electrons. The number of nitrogens with one attached hydrogen (secondary N) is 1. The number of oxazole rings is 1. The molecule has 3 N–H and O–H groups in total. The summed E-state index contributed by atoms with van der Waals surface area (Å²) in [4.78, 5) is 33.8. The first-order valence-electron chi connectivity index (χ1n) is 10.5. The number of carbonyl (C=O) groups excluding carboxylic acids is 1. The van der Waals surface area contributed by atoms with Crippen molar-refractivity contribution in [2.45, 2.75) is 12.7 Å². The molecule has 0 unspecified atom stereocenters. The number of halogens is 3. The lowest BCUT2D eigenvalue weighted by Crippen LogP contribution is -2.27. The molecule has 12 heteroatoms. The molecular formula is C24H16F3N7O2. The number of hydrogen-bond donors (Lipinski definition) is 2. The number of pyridine rings is 2. The van der Waals surface area contributed by atoms with Gasteiger partial charge in [-0.3, -0.25) is 14.8 Å². The molecule has 36 heavy (non-hydrogen) atoms. The van der Waals surface area contributed by atoms with Crippen molar-refractivity contribution in [1.29, 1.82) is 0 Å². The van der Waals surface area contributed by atoms with Gasteiger partial charge >= 0.3 is 6.18 Å². The average Bonchev–Trinajstić information content (AvgIpc) is 3.41. The van der Waals surface area contributed by atoms with E-state index >= 15 is 0 Å². The maximum absolute atomic E-state index is 13.3. The zero-order valence-electron chi connectivity index (χ0n) is 18.3. The summed E-state index contributed by atoms with van der Waals surface area (Å²) < 4.78 is 45.2. The molecule has 0 aliphatic heterocycles. The van der Waals surface area contributed by atoms with E-state index in [0.717, 1.165) is 17.0 Å². The molecule has 0 saturated heterocycles. The van der Waals surface area contributed by atoms with Crippen molar-refractivity contribution in [3.8, 4) is 22.8 Å². The van der Waals surface area contributed by atoms with Crippen molar-refractivity contribution in [2.24, 2.45) is 0 Å². The van der Waals surface area contributed by atoms with Crippen molar-refractivity contribution in [3.05, 3.63) is 84.3 Å². The van der Waals surface area contributed by atoms with E-state index in [2.05, 4.69) is 30.2 Å². The monoisotopic (exact) mass is 491 g/mol. The Bertz CT molecular complexity index is 1570. The average molecular weight is 491 g/mol. The first kappa shape index (κ1) is 22.9. The summed E-state index contributed by atoms with van der Waals surface area (Å²) >= 11 is 0. The summed E-state index contributed by atoms with van der Waals surface area (Å²) in [5.41, 5.74) is 6.23. The van der Waals surface area contributed by atoms with Gasteiger partial charge in [-0.25, -0.2) is 15.0 Å². The Morgan fingerprint density at radius 2 is 1.78 bits per heavy atom. The number of nitrogen functional groups attached to an aromatic ring is 1. The van der Waals surface area contributed by atoms with E-state index < -0.39 is 24.2 Å². The predicted molar refractivity (Wildman–Crippen MR) is 123 cm³/mol. The van der Waals surface area contributed by atoms with Crippen molar-refractivity contribution in [2.75, 3.05) is 5.73 Å². The van der Waals surface area contributed by atoms with Crippen LogP contribution >= 0.6 is 0 Å². The van der Waals surface area contributed by atoms with E-state index in [-0.39, 0.29) is 34.5 Å². The lowest BCUT2D eigenvalue weighted by atomic mass is 10.1. The van der Waals surface area contributed by atoms with E-state index in [4.69, 9.17) is 10.2 Å². The summed E-state index contributed by atoms with van der Waals surface area (Å²) in [6.07, 6.45) is 1.03. The third-order valence-corrected chi connectivity index (χ3v) is 5.26. The molecule has 0 aliphatic carbocycles. The van der Waals surface area contributed by atoms with Gasteiger partial charge < -0.3 is 15.5 Å². The number of benzene rings is 1. The second kappa shape index (κ2) is 9.06. The molecule has 0 spiro atoms. The van der Waals surface area contributed by atoms with Crippen LogP contribution in [0.25, 0.3) is 33.7 Å². The summed E-state index contributed by atoms with van der Waals surface area (Å²) in [6.45, 7) is -0.492. The highest BCUT2D eigenvalue weighted by Gasteiger charge is 2.34. The van der Waals surface area contributed by atoms with Gasteiger partial charge in [0, 0.05) is 23.3 Å². The Morgan fingerprint density at radius 3 is 2.56 bits per heavy atom. The van der Waals surface area contributed by atoms with Crippen molar-refractivity contribution in [3.63, 3.8) is 0 Å². The largest absolute Gasteiger partial charge is 0.443 e. The van der Waals surface area contributed by atoms with Gasteiger partial charge in [-0.15, -0.1) is 0 Å². The number of aromatic nitrogens is 5. The third-order valence-electron chi connectivity index (χ3n) is 5.26. The number of nitrogens with two attached hydrogens (primary N) is 1. The van der Waals surface area contributed by atoms with Gasteiger partial charge in [-0.05, 0) is 30.3 Å². The van der Waals surface area contributed by atoms with Crippen LogP contribution in [0.5, 0.6) is 0 Å². The molecule has 0 saturated carbocycles. The maximum atomic E-state index is 13.3. The maximum Gasteiger partial charge on any atom is 0.418 e. The molecule has 0 atom stereocenters. The number of anilines is 1. The van der Waals surface area contributed by atoms with Crippen molar-refractivity contribution in [1.82, 2.24) is 30.2 Å². The molecule has 0 fully saturated rings. The number of alkyl halides is 3. The van der Waals surface area contributed by atoms with Crippen LogP contribution in [-0.4, -0.2) is 30.8 Å². The summed E-state index contributed by atoms with van der Waals surface area (Å²) in [5.74, 6) is -0.934. The fraction of sp³-hybridized carbons (Fsp3) is 0.0833. The summed E-state index contributed by atoms with van der Waals surface area (Å²) in [7, 11) is 0. The molecule has 9 nitrogen and oxygen atoms in total. The predicted octanol–water partition coefficient (Wildman–Crippen LogP) is 4.27. The Kier molecular flexibility index (Phi) is 5.76. The summed E-state index contributed by atoms with van der Waals surface area (Å²) in [6, 6.07) is 11.0. The zero-order chi connectivity index (χ0) is 25.3. The highest BCUT2D eigenvalue weighted by atomic mass is 19.4. The Labute approximate surface area is 201 Å². The quantitative estimate of drug-likeness (QED) is 0.372. The number of fused-ring (bicyclic) bond motifs is 1. The van der Waals surface area contributed by atoms with Crippen LogP contribution in [0, 0.1) is 0 Å². The van der Waals surface area contributed by atoms with Crippen LogP contribution in [0.2, 0.25) is 0 Å². The van der Waals surface area contributed by atoms with E-state index in [1.807, 2.05) is 6.07 Å². The van der Waals surface area contributed by atoms with E-state index in [9.17, 15) is 18.0 Å². The number of rotatable bonds is 5. The Hall–Kier alpha value is -4.87. The molecule has 180 valence electrons. The fourth-order valence-corrected chi connectivity index (χ4v) is 3.61. The number of hydrogen-bond acceptors (Lipinski definition) is 8. The molecular weight excluding hydrogens is 475 g/mol. The molecule has 0 aliphatic rings. The second-order valence-electron chi connectivity index (χ2n) is 7.58. The number of amides is 1. The highest BCUT2D eigenvalue weighted by molar-refractivity contribution is 5.98. The molecule has 1 aromatic carbocycles. The lowest BCUT2D eigenvalue weighted by Gasteiger charge is -2.14. The van der Waals surface area contributed by atoms with E-state index in [1.165, 1.54) is 24.7 Å². The van der Waals surface area contributed by atoms with Crippen LogP contribution in [-0.2, 0) is 12.7 Å². The van der Waals surface area contributed by atoms with Gasteiger partial charge in [0.25, 0.3) is 5.91 Å². The fourth-order valence-electron chi connectivity index (χ4n) is 3.61. The minimum absolute atomic E-state index is 0.130. The van der Waals surface area contributed by atoms with E-state index in [1.54, 1.807) is 30.5 Å². The van der Waals surface area contributed by atoms with Gasteiger partial charge in [0.1, 0.15) is 12.0 Å². The first-order valence-corrected chi connectivity index (χ1v) is 10.5. The highest BCUT2D eigenvalue weighted by Crippen LogP contribution is 2.32. The molecule has 0 bridgehead atoms. The minimum atomic E-state index is -4.62. The second-order valence-corrected chi connectivity index (χ2v) is 7.58. The lowest BCUT2D eigenvalue weighted by molar-refractivity contribution is -0.138. The van der Waals surface area contributed by atoms with Gasteiger partial charge in [-0.1, -0.05) is 12.1 Å². The number of carbonyl (C=O) groups is 1. The third kappa shape index (κ3) is 4.43. The first-order chi connectivity index (χ1) is 17.3. The smallest absolute Gasteiger partial charge is 0.418 e. The SMILES string of the molecule is Nc1nc(-c2ncco2)c(-c2ccc3ncccc3c2)nc1C(=O)NCc1ncccc1C(F)(F)F. The van der Waals surface area contributed by atoms with Gasteiger partial charge in [-0.2, -0.15) is 13.2 Å². The zero-order valence-corrected chi connectivity index (χ0v) is 18.3. The van der Waals surface area contributed by atoms with Gasteiger partial charge in [0.15, 0.2) is 17.2 Å². The topological polar surface area (TPSA) is 133 Å². The van der Waals surface area contributed by atoms with Crippen LogP contribution in [0.1, 0.15) is 21.7 Å². The van der Waals surface area contributed by atoms with Crippen molar-refractivity contribution >= 4 is 22.6 Å². The Balaban J connectivity index is 1.54. The molecule has 5 rings (SSSR count). The molecule has 4 heterocycles. The normalized spacial score (nSPS) is 11.5. The van der Waals surface area contributed by atoms with Crippen molar-refractivity contribution < 1.29 is 22.4 Å². The standard InChI is InChI=1S/C24H16F3N7O2/c25-24(26,27)15-4-2-8-30-17(15)12-32-22(35)20-21(28)34-19(23-31-9-10-36-23)18(33-20)14-5-6-16-13(11-14)3-1-7-29-16/h1-11H,12H2,(H2,28,34)(H,32,35). The summed E-state index contributed by atoms with van der Waals surface area (Å²) in [5, 5.41) is 3.21. The van der Waals surface area contributed by atoms with Crippen LogP contribution in [0.3, 0.4) is 0 Å². The van der Waals surface area contributed by atoms with Gasteiger partial charge in [0.2, 0.25) is 5.89 Å². The van der Waals surface area contributed by atoms with Crippen LogP contribution in [0.15, 0.2) is 71.7 Å². The molecule has 1 amide bonds. The molecule has 4 aromatic heterocycles. The Morgan fingerprint density at radius 1 is 0.972 bits per heavy atom. The van der Waals surface area contributed by atoms with Gasteiger partial charge in [0.05, 0.1) is 29.5 Å². The van der Waals surface area contributed by atoms with E-state index in [0.29, 0.717) is 5.56 Å². The van der Waals surface area contributed by atoms with Crippen LogP contribution in [0.4, 0.5) is 19.0 Å². The number of nitrogens with zero attached hydrogens (tertiary/aromatic N) is 5. The minimum Gasteiger partial charge on any atom is -0.443 e. The molecule has 5 aromatic rings.